The Balaban J connectivity index is 1.40. The van der Waals surface area contributed by atoms with Crippen LogP contribution in [0, 0.1) is 11.3 Å². The SMILES string of the molecule is O=C(CC1CC2(COC2)C1)NCc1ccnc(OCC(F)(F)F)c1. The Hall–Kier alpha value is -1.83. The lowest BCUT2D eigenvalue weighted by atomic mass is 9.60. The maximum absolute atomic E-state index is 12.1. The van der Waals surface area contributed by atoms with Crippen LogP contribution in [0.2, 0.25) is 0 Å². The molecule has 5 nitrogen and oxygen atoms in total. The van der Waals surface area contributed by atoms with Crippen LogP contribution >= 0.6 is 0 Å². The summed E-state index contributed by atoms with van der Waals surface area (Å²) in [6, 6.07) is 3.03. The minimum Gasteiger partial charge on any atom is -0.468 e. The van der Waals surface area contributed by atoms with Gasteiger partial charge in [0.1, 0.15) is 0 Å². The Morgan fingerprint density at radius 1 is 1.42 bits per heavy atom. The van der Waals surface area contributed by atoms with Crippen LogP contribution in [0.25, 0.3) is 0 Å². The smallest absolute Gasteiger partial charge is 0.422 e. The number of alkyl halides is 3. The van der Waals surface area contributed by atoms with Gasteiger partial charge in [0.15, 0.2) is 6.61 Å². The summed E-state index contributed by atoms with van der Waals surface area (Å²) < 4.78 is 46.2. The zero-order valence-electron chi connectivity index (χ0n) is 13.1. The fraction of sp³-hybridized carbons (Fsp3) is 0.625. The maximum atomic E-state index is 12.1. The summed E-state index contributed by atoms with van der Waals surface area (Å²) in [4.78, 5) is 15.7. The fourth-order valence-corrected chi connectivity index (χ4v) is 3.27. The average molecular weight is 344 g/mol. The Kier molecular flexibility index (Phi) is 4.67. The van der Waals surface area contributed by atoms with Crippen molar-refractivity contribution in [1.29, 1.82) is 0 Å². The highest BCUT2D eigenvalue weighted by molar-refractivity contribution is 5.76. The number of carbonyl (C=O) groups excluding carboxylic acids is 1. The van der Waals surface area contributed by atoms with Crippen LogP contribution in [0.3, 0.4) is 0 Å². The summed E-state index contributed by atoms with van der Waals surface area (Å²) in [6.07, 6.45) is -0.503. The van der Waals surface area contributed by atoms with Crippen molar-refractivity contribution in [3.05, 3.63) is 23.9 Å². The van der Waals surface area contributed by atoms with Crippen LogP contribution in [0.1, 0.15) is 24.8 Å². The van der Waals surface area contributed by atoms with Gasteiger partial charge in [-0.05, 0) is 30.4 Å². The van der Waals surface area contributed by atoms with E-state index in [4.69, 9.17) is 4.74 Å². The van der Waals surface area contributed by atoms with Crippen molar-refractivity contribution < 1.29 is 27.4 Å². The van der Waals surface area contributed by atoms with E-state index in [1.54, 1.807) is 6.07 Å². The number of hydrogen-bond donors (Lipinski definition) is 1. The minimum atomic E-state index is -4.41. The molecule has 1 saturated carbocycles. The third kappa shape index (κ3) is 4.37. The van der Waals surface area contributed by atoms with Crippen LogP contribution in [0.15, 0.2) is 18.3 Å². The molecule has 0 unspecified atom stereocenters. The lowest BCUT2D eigenvalue weighted by Gasteiger charge is -2.53. The molecule has 2 heterocycles. The molecule has 1 aromatic rings. The molecule has 0 aromatic carbocycles. The molecule has 3 rings (SSSR count). The van der Waals surface area contributed by atoms with Crippen LogP contribution in [-0.2, 0) is 16.1 Å². The molecule has 0 atom stereocenters. The number of aromatic nitrogens is 1. The van der Waals surface area contributed by atoms with Crippen molar-refractivity contribution in [1.82, 2.24) is 10.3 Å². The molecule has 1 amide bonds. The fourth-order valence-electron chi connectivity index (χ4n) is 3.27. The van der Waals surface area contributed by atoms with E-state index < -0.39 is 12.8 Å². The van der Waals surface area contributed by atoms with Gasteiger partial charge in [0.05, 0.1) is 13.2 Å². The van der Waals surface area contributed by atoms with Crippen LogP contribution in [-0.4, -0.2) is 36.9 Å². The van der Waals surface area contributed by atoms with Gasteiger partial charge in [-0.25, -0.2) is 4.98 Å². The number of nitrogens with one attached hydrogen (secondary N) is 1. The minimum absolute atomic E-state index is 0.0512. The van der Waals surface area contributed by atoms with E-state index in [9.17, 15) is 18.0 Å². The molecule has 0 bridgehead atoms. The summed E-state index contributed by atoms with van der Waals surface area (Å²) in [6.45, 7) is 0.472. The lowest BCUT2D eigenvalue weighted by Crippen LogP contribution is -2.52. The third-order valence-electron chi connectivity index (χ3n) is 4.41. The predicted molar refractivity (Wildman–Crippen MR) is 78.2 cm³/mol. The first-order chi connectivity index (χ1) is 11.3. The first-order valence-corrected chi connectivity index (χ1v) is 7.83. The van der Waals surface area contributed by atoms with Crippen molar-refractivity contribution in [2.75, 3.05) is 19.8 Å². The van der Waals surface area contributed by atoms with E-state index in [0.717, 1.165) is 26.1 Å². The molecule has 1 aliphatic carbocycles. The standard InChI is InChI=1S/C16H19F3N2O3/c17-16(18,19)10-24-14-4-11(1-2-20-14)7-21-13(22)3-12-5-15(6-12)8-23-9-15/h1-2,4,12H,3,5-10H2,(H,21,22). The molecule has 1 aliphatic heterocycles. The highest BCUT2D eigenvalue weighted by atomic mass is 19.4. The summed E-state index contributed by atoms with van der Waals surface area (Å²) >= 11 is 0. The van der Waals surface area contributed by atoms with E-state index in [0.29, 0.717) is 23.3 Å². The molecule has 1 N–H and O–H groups in total. The average Bonchev–Trinajstić information content (AvgIpc) is 2.44. The normalized spacial score (nSPS) is 19.5. The number of rotatable bonds is 6. The van der Waals surface area contributed by atoms with Crippen molar-refractivity contribution in [3.8, 4) is 5.88 Å². The van der Waals surface area contributed by atoms with E-state index in [2.05, 4.69) is 15.0 Å². The monoisotopic (exact) mass is 344 g/mol. The highest BCUT2D eigenvalue weighted by Crippen LogP contribution is 2.51. The number of amides is 1. The number of halogens is 3. The Labute approximate surface area is 137 Å². The predicted octanol–water partition coefficient (Wildman–Crippen LogP) is 2.46. The van der Waals surface area contributed by atoms with Gasteiger partial charge in [-0.2, -0.15) is 13.2 Å². The molecule has 1 spiro atoms. The molecular formula is C16H19F3N2O3. The van der Waals surface area contributed by atoms with Crippen LogP contribution in [0.4, 0.5) is 13.2 Å². The molecule has 0 radical (unpaired) electrons. The first-order valence-electron chi connectivity index (χ1n) is 7.83. The Morgan fingerprint density at radius 3 is 2.79 bits per heavy atom. The second-order valence-electron chi connectivity index (χ2n) is 6.65. The summed E-state index contributed by atoms with van der Waals surface area (Å²) in [7, 11) is 0. The van der Waals surface area contributed by atoms with Gasteiger partial charge in [-0.15, -0.1) is 0 Å². The van der Waals surface area contributed by atoms with Gasteiger partial charge in [0, 0.05) is 30.6 Å². The number of ether oxygens (including phenoxy) is 2. The molecule has 2 fully saturated rings. The number of nitrogens with zero attached hydrogens (tertiary/aromatic N) is 1. The van der Waals surface area contributed by atoms with Gasteiger partial charge < -0.3 is 14.8 Å². The molecule has 8 heteroatoms. The van der Waals surface area contributed by atoms with Gasteiger partial charge in [-0.1, -0.05) is 0 Å². The topological polar surface area (TPSA) is 60.5 Å². The summed E-state index contributed by atoms with van der Waals surface area (Å²) in [5, 5.41) is 2.79. The largest absolute Gasteiger partial charge is 0.468 e. The molecule has 1 saturated heterocycles. The number of carbonyl (C=O) groups is 1. The quantitative estimate of drug-likeness (QED) is 0.861. The molecular weight excluding hydrogens is 325 g/mol. The van der Waals surface area contributed by atoms with E-state index in [1.165, 1.54) is 12.3 Å². The Bertz CT molecular complexity index is 594. The maximum Gasteiger partial charge on any atom is 0.422 e. The molecule has 2 aliphatic rings. The van der Waals surface area contributed by atoms with Crippen molar-refractivity contribution >= 4 is 5.91 Å². The third-order valence-corrected chi connectivity index (χ3v) is 4.41. The van der Waals surface area contributed by atoms with E-state index >= 15 is 0 Å². The van der Waals surface area contributed by atoms with Gasteiger partial charge in [0.2, 0.25) is 11.8 Å². The van der Waals surface area contributed by atoms with Crippen LogP contribution in [0.5, 0.6) is 5.88 Å². The zero-order chi connectivity index (χ0) is 17.2. The lowest BCUT2D eigenvalue weighted by molar-refractivity contribution is -0.180. The Morgan fingerprint density at radius 2 is 2.17 bits per heavy atom. The second-order valence-corrected chi connectivity index (χ2v) is 6.65. The van der Waals surface area contributed by atoms with Crippen molar-refractivity contribution in [3.63, 3.8) is 0 Å². The highest BCUT2D eigenvalue weighted by Gasteiger charge is 2.49. The van der Waals surface area contributed by atoms with Crippen molar-refractivity contribution in [2.24, 2.45) is 11.3 Å². The summed E-state index contributed by atoms with van der Waals surface area (Å²) in [5.74, 6) is 0.242. The molecule has 24 heavy (non-hydrogen) atoms. The van der Waals surface area contributed by atoms with Crippen LogP contribution < -0.4 is 10.1 Å². The summed E-state index contributed by atoms with van der Waals surface area (Å²) in [5.41, 5.74) is 0.980. The number of hydrogen-bond acceptors (Lipinski definition) is 4. The van der Waals surface area contributed by atoms with Gasteiger partial charge in [0.25, 0.3) is 0 Å². The molecule has 132 valence electrons. The van der Waals surface area contributed by atoms with E-state index in [1.807, 2.05) is 0 Å². The zero-order valence-corrected chi connectivity index (χ0v) is 13.1. The molecule has 1 aromatic heterocycles. The second kappa shape index (κ2) is 6.58. The van der Waals surface area contributed by atoms with Gasteiger partial charge in [-0.3, -0.25) is 4.79 Å². The van der Waals surface area contributed by atoms with Gasteiger partial charge >= 0.3 is 6.18 Å². The first kappa shape index (κ1) is 17.0. The number of pyridine rings is 1. The van der Waals surface area contributed by atoms with E-state index in [-0.39, 0.29) is 18.3 Å². The van der Waals surface area contributed by atoms with Crippen molar-refractivity contribution in [2.45, 2.75) is 32.0 Å².